The van der Waals surface area contributed by atoms with E-state index in [4.69, 9.17) is 9.84 Å². The molecular formula is C17H27NO3. The first-order chi connectivity index (χ1) is 9.93. The molecule has 0 bridgehead atoms. The van der Waals surface area contributed by atoms with Crippen LogP contribution in [0.5, 0.6) is 5.75 Å². The van der Waals surface area contributed by atoms with Crippen LogP contribution in [0.25, 0.3) is 0 Å². The summed E-state index contributed by atoms with van der Waals surface area (Å²) in [4.78, 5) is 11.7. The fourth-order valence-electron chi connectivity index (χ4n) is 1.85. The minimum absolute atomic E-state index is 0.00601. The molecule has 0 aliphatic heterocycles. The van der Waals surface area contributed by atoms with E-state index in [1.54, 1.807) is 0 Å². The fourth-order valence-corrected chi connectivity index (χ4v) is 1.85. The minimum atomic E-state index is -0.0110. The van der Waals surface area contributed by atoms with Gasteiger partial charge in [-0.1, -0.05) is 13.0 Å². The van der Waals surface area contributed by atoms with Crippen molar-refractivity contribution < 1.29 is 14.6 Å². The predicted octanol–water partition coefficient (Wildman–Crippen LogP) is 2.60. The molecule has 2 atom stereocenters. The molecule has 0 fully saturated rings. The van der Waals surface area contributed by atoms with Gasteiger partial charge in [-0.25, -0.2) is 0 Å². The molecule has 0 aliphatic rings. The number of amides is 1. The van der Waals surface area contributed by atoms with Gasteiger partial charge in [0.05, 0.1) is 6.61 Å². The summed E-state index contributed by atoms with van der Waals surface area (Å²) in [5.41, 5.74) is 2.45. The van der Waals surface area contributed by atoms with Crippen molar-refractivity contribution in [2.75, 3.05) is 13.2 Å². The van der Waals surface area contributed by atoms with E-state index >= 15 is 0 Å². The molecule has 1 rings (SSSR count). The average molecular weight is 293 g/mol. The fraction of sp³-hybridized carbons (Fsp3) is 0.588. The number of carbonyl (C=O) groups is 1. The summed E-state index contributed by atoms with van der Waals surface area (Å²) in [7, 11) is 0. The molecule has 0 heterocycles. The van der Waals surface area contributed by atoms with E-state index in [2.05, 4.69) is 19.2 Å². The summed E-state index contributed by atoms with van der Waals surface area (Å²) in [5, 5.41) is 11.9. The molecular weight excluding hydrogens is 266 g/mol. The van der Waals surface area contributed by atoms with Crippen molar-refractivity contribution in [3.05, 3.63) is 29.3 Å². The van der Waals surface area contributed by atoms with E-state index in [0.29, 0.717) is 19.4 Å². The molecule has 0 radical (unpaired) electrons. The van der Waals surface area contributed by atoms with Gasteiger partial charge in [-0.2, -0.15) is 0 Å². The molecule has 1 aromatic carbocycles. The number of hydrogen-bond acceptors (Lipinski definition) is 3. The van der Waals surface area contributed by atoms with Crippen molar-refractivity contribution in [3.8, 4) is 5.75 Å². The predicted molar refractivity (Wildman–Crippen MR) is 84.5 cm³/mol. The van der Waals surface area contributed by atoms with Crippen LogP contribution in [0.4, 0.5) is 0 Å². The highest BCUT2D eigenvalue weighted by molar-refractivity contribution is 5.76. The molecule has 2 N–H and O–H groups in total. The van der Waals surface area contributed by atoms with E-state index in [-0.39, 0.29) is 24.5 Å². The Morgan fingerprint density at radius 2 is 2.00 bits per heavy atom. The Bertz CT molecular complexity index is 459. The van der Waals surface area contributed by atoms with Gasteiger partial charge >= 0.3 is 0 Å². The van der Waals surface area contributed by atoms with E-state index in [0.717, 1.165) is 5.75 Å². The Labute approximate surface area is 127 Å². The van der Waals surface area contributed by atoms with Crippen LogP contribution in [0.3, 0.4) is 0 Å². The van der Waals surface area contributed by atoms with Gasteiger partial charge in [-0.3, -0.25) is 4.79 Å². The zero-order chi connectivity index (χ0) is 15.8. The highest BCUT2D eigenvalue weighted by atomic mass is 16.5. The smallest absolute Gasteiger partial charge is 0.220 e. The van der Waals surface area contributed by atoms with Gasteiger partial charge < -0.3 is 15.2 Å². The number of aliphatic hydroxyl groups is 1. The number of rotatable bonds is 8. The van der Waals surface area contributed by atoms with Crippen molar-refractivity contribution in [2.24, 2.45) is 5.92 Å². The molecule has 4 heteroatoms. The third-order valence-corrected chi connectivity index (χ3v) is 3.83. The molecule has 2 unspecified atom stereocenters. The molecule has 118 valence electrons. The van der Waals surface area contributed by atoms with Crippen molar-refractivity contribution in [1.82, 2.24) is 5.32 Å². The summed E-state index contributed by atoms with van der Waals surface area (Å²) in [5.74, 6) is 0.924. The lowest BCUT2D eigenvalue weighted by atomic mass is 10.1. The molecule has 1 amide bonds. The Kier molecular flexibility index (Phi) is 7.23. The van der Waals surface area contributed by atoms with Crippen LogP contribution in [0.15, 0.2) is 18.2 Å². The first-order valence-corrected chi connectivity index (χ1v) is 7.54. The summed E-state index contributed by atoms with van der Waals surface area (Å²) in [6.07, 6.45) is 1.12. The Balaban J connectivity index is 2.24. The van der Waals surface area contributed by atoms with Crippen LogP contribution >= 0.6 is 0 Å². The highest BCUT2D eigenvalue weighted by Crippen LogP contribution is 2.16. The molecule has 0 aliphatic carbocycles. The number of ether oxygens (including phenoxy) is 1. The second kappa shape index (κ2) is 8.67. The van der Waals surface area contributed by atoms with E-state index in [1.165, 1.54) is 11.1 Å². The number of aryl methyl sites for hydroxylation is 2. The first kappa shape index (κ1) is 17.5. The third-order valence-electron chi connectivity index (χ3n) is 3.83. The van der Waals surface area contributed by atoms with E-state index in [9.17, 15) is 4.79 Å². The standard InChI is InChI=1S/C17H27NO3/c1-12-7-8-16(10-13(12)2)21-9-5-6-17(20)18-15(4)14(3)11-19/h7-8,10,14-15,19H,5-6,9,11H2,1-4H3,(H,18,20). The van der Waals surface area contributed by atoms with Gasteiger partial charge in [-0.05, 0) is 56.4 Å². The maximum Gasteiger partial charge on any atom is 0.220 e. The molecule has 1 aromatic rings. The zero-order valence-corrected chi connectivity index (χ0v) is 13.5. The summed E-state index contributed by atoms with van der Waals surface area (Å²) < 4.78 is 5.65. The number of carbonyl (C=O) groups excluding carboxylic acids is 1. The van der Waals surface area contributed by atoms with Crippen molar-refractivity contribution in [2.45, 2.75) is 46.6 Å². The van der Waals surface area contributed by atoms with Crippen LogP contribution in [0.1, 0.15) is 37.8 Å². The van der Waals surface area contributed by atoms with E-state index < -0.39 is 0 Å². The number of nitrogens with one attached hydrogen (secondary N) is 1. The summed E-state index contributed by atoms with van der Waals surface area (Å²) in [6.45, 7) is 8.55. The van der Waals surface area contributed by atoms with Gasteiger partial charge in [0.1, 0.15) is 5.75 Å². The number of aliphatic hydroxyl groups excluding tert-OH is 1. The Morgan fingerprint density at radius 1 is 1.29 bits per heavy atom. The average Bonchev–Trinajstić information content (AvgIpc) is 2.46. The second-order valence-corrected chi connectivity index (χ2v) is 5.71. The zero-order valence-electron chi connectivity index (χ0n) is 13.5. The van der Waals surface area contributed by atoms with Crippen molar-refractivity contribution >= 4 is 5.91 Å². The maximum absolute atomic E-state index is 11.7. The maximum atomic E-state index is 11.7. The molecule has 4 nitrogen and oxygen atoms in total. The molecule has 0 spiro atoms. The minimum Gasteiger partial charge on any atom is -0.494 e. The normalized spacial score (nSPS) is 13.6. The van der Waals surface area contributed by atoms with Crippen LogP contribution in [-0.4, -0.2) is 30.3 Å². The molecule has 0 aromatic heterocycles. The van der Waals surface area contributed by atoms with Crippen LogP contribution in [0.2, 0.25) is 0 Å². The molecule has 0 saturated carbocycles. The first-order valence-electron chi connectivity index (χ1n) is 7.54. The Hall–Kier alpha value is -1.55. The summed E-state index contributed by atoms with van der Waals surface area (Å²) >= 11 is 0. The lowest BCUT2D eigenvalue weighted by Gasteiger charge is -2.19. The van der Waals surface area contributed by atoms with Gasteiger partial charge in [0.15, 0.2) is 0 Å². The molecule has 21 heavy (non-hydrogen) atoms. The van der Waals surface area contributed by atoms with Crippen molar-refractivity contribution in [1.29, 1.82) is 0 Å². The highest BCUT2D eigenvalue weighted by Gasteiger charge is 2.13. The van der Waals surface area contributed by atoms with Crippen LogP contribution < -0.4 is 10.1 Å². The van der Waals surface area contributed by atoms with Gasteiger partial charge in [0.25, 0.3) is 0 Å². The largest absolute Gasteiger partial charge is 0.494 e. The second-order valence-electron chi connectivity index (χ2n) is 5.71. The van der Waals surface area contributed by atoms with Crippen molar-refractivity contribution in [3.63, 3.8) is 0 Å². The quantitative estimate of drug-likeness (QED) is 0.724. The summed E-state index contributed by atoms with van der Waals surface area (Å²) in [6, 6.07) is 5.99. The number of hydrogen-bond donors (Lipinski definition) is 2. The van der Waals surface area contributed by atoms with Gasteiger partial charge in [0, 0.05) is 19.1 Å². The van der Waals surface area contributed by atoms with Crippen LogP contribution in [0, 0.1) is 19.8 Å². The molecule has 0 saturated heterocycles. The van der Waals surface area contributed by atoms with Gasteiger partial charge in [-0.15, -0.1) is 0 Å². The SMILES string of the molecule is Cc1ccc(OCCCC(=O)NC(C)C(C)CO)cc1C. The monoisotopic (exact) mass is 293 g/mol. The van der Waals surface area contributed by atoms with Crippen LogP contribution in [-0.2, 0) is 4.79 Å². The lowest BCUT2D eigenvalue weighted by Crippen LogP contribution is -2.38. The topological polar surface area (TPSA) is 58.6 Å². The van der Waals surface area contributed by atoms with Gasteiger partial charge in [0.2, 0.25) is 5.91 Å². The number of benzene rings is 1. The lowest BCUT2D eigenvalue weighted by molar-refractivity contribution is -0.122. The Morgan fingerprint density at radius 3 is 2.62 bits per heavy atom. The van der Waals surface area contributed by atoms with E-state index in [1.807, 2.05) is 32.0 Å². The third kappa shape index (κ3) is 6.17.